The van der Waals surface area contributed by atoms with Crippen LogP contribution in [0.15, 0.2) is 18.2 Å². The molecule has 0 aromatic heterocycles. The van der Waals surface area contributed by atoms with Crippen molar-refractivity contribution in [2.24, 2.45) is 5.92 Å². The van der Waals surface area contributed by atoms with Crippen LogP contribution >= 0.6 is 0 Å². The minimum atomic E-state index is -0.289. The first-order valence-corrected chi connectivity index (χ1v) is 8.51. The van der Waals surface area contributed by atoms with E-state index in [2.05, 4.69) is 0 Å². The Morgan fingerprint density at radius 3 is 2.92 bits per heavy atom. The number of carbonyl (C=O) groups excluding carboxylic acids is 3. The fourth-order valence-corrected chi connectivity index (χ4v) is 3.26. The third kappa shape index (κ3) is 3.31. The Labute approximate surface area is 146 Å². The summed E-state index contributed by atoms with van der Waals surface area (Å²) in [5.74, 6) is -0.460. The van der Waals surface area contributed by atoms with Gasteiger partial charge >= 0.3 is 5.97 Å². The highest BCUT2D eigenvalue weighted by molar-refractivity contribution is 6.04. The van der Waals surface area contributed by atoms with Crippen molar-refractivity contribution in [1.82, 2.24) is 4.90 Å². The van der Waals surface area contributed by atoms with E-state index >= 15 is 0 Å². The van der Waals surface area contributed by atoms with E-state index in [-0.39, 0.29) is 30.3 Å². The van der Waals surface area contributed by atoms with Gasteiger partial charge in [-0.1, -0.05) is 6.07 Å². The number of piperidine rings is 1. The largest absolute Gasteiger partial charge is 0.481 e. The summed E-state index contributed by atoms with van der Waals surface area (Å²) in [6.45, 7) is 2.96. The van der Waals surface area contributed by atoms with Crippen LogP contribution in [0.2, 0.25) is 0 Å². The number of hydrogen-bond acceptors (Lipinski definition) is 5. The molecule has 0 aliphatic carbocycles. The molecule has 0 radical (unpaired) electrons. The number of fused-ring (bicyclic) bond motifs is 1. The third-order valence-electron chi connectivity index (χ3n) is 4.63. The van der Waals surface area contributed by atoms with Gasteiger partial charge in [-0.3, -0.25) is 14.4 Å². The van der Waals surface area contributed by atoms with Crippen LogP contribution in [-0.2, 0) is 14.3 Å². The van der Waals surface area contributed by atoms with Crippen LogP contribution in [0, 0.1) is 5.92 Å². The van der Waals surface area contributed by atoms with Gasteiger partial charge in [-0.15, -0.1) is 0 Å². The first-order chi connectivity index (χ1) is 12.0. The molecular formula is C18H22N2O5. The Balaban J connectivity index is 1.82. The second kappa shape index (κ2) is 7.13. The number of amides is 2. The molecule has 7 nitrogen and oxygen atoms in total. The maximum Gasteiger partial charge on any atom is 0.310 e. The molecule has 1 aromatic carbocycles. The van der Waals surface area contributed by atoms with Gasteiger partial charge in [0.1, 0.15) is 0 Å². The molecule has 0 N–H and O–H groups in total. The van der Waals surface area contributed by atoms with Crippen LogP contribution in [0.25, 0.3) is 0 Å². The van der Waals surface area contributed by atoms with Crippen LogP contribution < -0.4 is 9.64 Å². The van der Waals surface area contributed by atoms with Crippen LogP contribution in [0.1, 0.15) is 30.1 Å². The molecule has 1 saturated heterocycles. The number of hydrogen-bond donors (Lipinski definition) is 0. The standard InChI is InChI=1S/C18H22N2O5/c1-3-24-18(23)12-6-5-9-20(10-12)17(22)13-7-4-8-14-16(13)25-11-15(21)19(14)2/h4,7-8,12H,3,5-6,9-11H2,1-2H3. The Bertz CT molecular complexity index is 703. The van der Waals surface area contributed by atoms with Gasteiger partial charge in [-0.25, -0.2) is 0 Å². The lowest BCUT2D eigenvalue weighted by Crippen LogP contribution is -2.43. The van der Waals surface area contributed by atoms with Gasteiger partial charge in [-0.2, -0.15) is 0 Å². The van der Waals surface area contributed by atoms with Crippen LogP contribution in [0.4, 0.5) is 5.69 Å². The van der Waals surface area contributed by atoms with Gasteiger partial charge in [0.25, 0.3) is 11.8 Å². The number of para-hydroxylation sites is 1. The topological polar surface area (TPSA) is 76.1 Å². The molecular weight excluding hydrogens is 324 g/mol. The molecule has 7 heteroatoms. The zero-order valence-corrected chi connectivity index (χ0v) is 14.5. The predicted molar refractivity (Wildman–Crippen MR) is 90.6 cm³/mol. The molecule has 134 valence electrons. The number of nitrogens with zero attached hydrogens (tertiary/aromatic N) is 2. The first-order valence-electron chi connectivity index (χ1n) is 8.51. The lowest BCUT2D eigenvalue weighted by Gasteiger charge is -2.33. The average molecular weight is 346 g/mol. The number of benzene rings is 1. The average Bonchev–Trinajstić information content (AvgIpc) is 2.64. The lowest BCUT2D eigenvalue weighted by atomic mass is 9.97. The summed E-state index contributed by atoms with van der Waals surface area (Å²) < 4.78 is 10.6. The van der Waals surface area contributed by atoms with E-state index in [0.717, 1.165) is 12.8 Å². The highest BCUT2D eigenvalue weighted by atomic mass is 16.5. The summed E-state index contributed by atoms with van der Waals surface area (Å²) in [6, 6.07) is 5.18. The lowest BCUT2D eigenvalue weighted by molar-refractivity contribution is -0.149. The molecule has 25 heavy (non-hydrogen) atoms. The molecule has 0 spiro atoms. The molecule has 1 unspecified atom stereocenters. The van der Waals surface area contributed by atoms with Gasteiger partial charge in [-0.05, 0) is 31.9 Å². The maximum atomic E-state index is 13.0. The highest BCUT2D eigenvalue weighted by Gasteiger charge is 2.33. The van der Waals surface area contributed by atoms with Crippen molar-refractivity contribution in [3.05, 3.63) is 23.8 Å². The summed E-state index contributed by atoms with van der Waals surface area (Å²) in [5, 5.41) is 0. The summed E-state index contributed by atoms with van der Waals surface area (Å²) in [7, 11) is 1.66. The quantitative estimate of drug-likeness (QED) is 0.775. The molecule has 1 fully saturated rings. The molecule has 2 aliphatic heterocycles. The second-order valence-electron chi connectivity index (χ2n) is 6.24. The van der Waals surface area contributed by atoms with Gasteiger partial charge in [0.15, 0.2) is 12.4 Å². The maximum absolute atomic E-state index is 13.0. The normalized spacial score (nSPS) is 19.9. The van der Waals surface area contributed by atoms with E-state index in [9.17, 15) is 14.4 Å². The minimum absolute atomic E-state index is 0.0841. The zero-order chi connectivity index (χ0) is 18.0. The van der Waals surface area contributed by atoms with E-state index in [4.69, 9.17) is 9.47 Å². The molecule has 1 aromatic rings. The molecule has 3 rings (SSSR count). The predicted octanol–water partition coefficient (Wildman–Crippen LogP) is 1.46. The van der Waals surface area contributed by atoms with E-state index in [1.54, 1.807) is 37.1 Å². The number of anilines is 1. The van der Waals surface area contributed by atoms with E-state index < -0.39 is 0 Å². The van der Waals surface area contributed by atoms with Gasteiger partial charge in [0, 0.05) is 20.1 Å². The van der Waals surface area contributed by atoms with Crippen molar-refractivity contribution in [3.63, 3.8) is 0 Å². The van der Waals surface area contributed by atoms with Crippen molar-refractivity contribution in [1.29, 1.82) is 0 Å². The van der Waals surface area contributed by atoms with Gasteiger partial charge < -0.3 is 19.3 Å². The van der Waals surface area contributed by atoms with E-state index in [1.807, 2.05) is 0 Å². The minimum Gasteiger partial charge on any atom is -0.481 e. The number of rotatable bonds is 3. The van der Waals surface area contributed by atoms with Crippen LogP contribution in [-0.4, -0.2) is 56.0 Å². The van der Waals surface area contributed by atoms with E-state index in [0.29, 0.717) is 36.7 Å². The van der Waals surface area contributed by atoms with E-state index in [1.165, 1.54) is 4.90 Å². The molecule has 1 atom stereocenters. The molecule has 0 saturated carbocycles. The Kier molecular flexibility index (Phi) is 4.92. The number of esters is 1. The summed E-state index contributed by atoms with van der Waals surface area (Å²) in [5.41, 5.74) is 1.00. The van der Waals surface area contributed by atoms with Crippen molar-refractivity contribution in [3.8, 4) is 5.75 Å². The zero-order valence-electron chi connectivity index (χ0n) is 14.5. The van der Waals surface area contributed by atoms with Gasteiger partial charge in [0.05, 0.1) is 23.8 Å². The summed E-state index contributed by atoms with van der Waals surface area (Å²) >= 11 is 0. The Morgan fingerprint density at radius 2 is 2.16 bits per heavy atom. The summed E-state index contributed by atoms with van der Waals surface area (Å²) in [4.78, 5) is 39.9. The molecule has 2 heterocycles. The number of carbonyl (C=O) groups is 3. The van der Waals surface area contributed by atoms with Crippen LogP contribution in [0.3, 0.4) is 0 Å². The van der Waals surface area contributed by atoms with Crippen molar-refractivity contribution in [2.45, 2.75) is 19.8 Å². The van der Waals surface area contributed by atoms with Crippen molar-refractivity contribution < 1.29 is 23.9 Å². The molecule has 2 amide bonds. The number of likely N-dealkylation sites (N-methyl/N-ethyl adjacent to an activating group) is 1. The molecule has 2 aliphatic rings. The number of ether oxygens (including phenoxy) is 2. The van der Waals surface area contributed by atoms with Gasteiger partial charge in [0.2, 0.25) is 0 Å². The highest BCUT2D eigenvalue weighted by Crippen LogP contribution is 2.35. The monoisotopic (exact) mass is 346 g/mol. The Hall–Kier alpha value is -2.57. The van der Waals surface area contributed by atoms with Crippen molar-refractivity contribution >= 4 is 23.5 Å². The summed E-state index contributed by atoms with van der Waals surface area (Å²) in [6.07, 6.45) is 1.48. The van der Waals surface area contributed by atoms with Crippen LogP contribution in [0.5, 0.6) is 5.75 Å². The fraction of sp³-hybridized carbons (Fsp3) is 0.500. The third-order valence-corrected chi connectivity index (χ3v) is 4.63. The number of likely N-dealkylation sites (tertiary alicyclic amines) is 1. The second-order valence-corrected chi connectivity index (χ2v) is 6.24. The Morgan fingerprint density at radius 1 is 1.36 bits per heavy atom. The molecule has 0 bridgehead atoms. The SMILES string of the molecule is CCOC(=O)C1CCCN(C(=O)c2cccc3c2OCC(=O)N3C)C1. The smallest absolute Gasteiger partial charge is 0.310 e. The first kappa shape index (κ1) is 17.3. The van der Waals surface area contributed by atoms with Crippen molar-refractivity contribution in [2.75, 3.05) is 38.3 Å². The fourth-order valence-electron chi connectivity index (χ4n) is 3.26.